The van der Waals surface area contributed by atoms with Gasteiger partial charge >= 0.3 is 12.4 Å². The first-order valence-corrected chi connectivity index (χ1v) is 10.2. The lowest BCUT2D eigenvalue weighted by Crippen LogP contribution is -2.37. The van der Waals surface area contributed by atoms with Gasteiger partial charge in [-0.05, 0) is 49.4 Å². The highest BCUT2D eigenvalue weighted by atomic mass is 19.4. The van der Waals surface area contributed by atoms with Gasteiger partial charge in [0.1, 0.15) is 23.6 Å². The second-order valence-corrected chi connectivity index (χ2v) is 8.25. The molecule has 12 heteroatoms. The van der Waals surface area contributed by atoms with E-state index in [2.05, 4.69) is 15.2 Å². The first-order valence-electron chi connectivity index (χ1n) is 10.2. The van der Waals surface area contributed by atoms with Crippen molar-refractivity contribution in [3.05, 3.63) is 59.8 Å². The molecule has 5 rings (SSSR count). The molecule has 1 saturated heterocycles. The summed E-state index contributed by atoms with van der Waals surface area (Å²) in [5.41, 5.74) is -2.48. The number of nitrogens with zero attached hydrogens (tertiary/aromatic N) is 5. The van der Waals surface area contributed by atoms with E-state index in [0.717, 1.165) is 6.42 Å². The zero-order chi connectivity index (χ0) is 23.5. The molecule has 6 nitrogen and oxygen atoms in total. The maximum Gasteiger partial charge on any atom is 0.433 e. The van der Waals surface area contributed by atoms with Gasteiger partial charge in [0.25, 0.3) is 0 Å². The van der Waals surface area contributed by atoms with Crippen molar-refractivity contribution in [3.8, 4) is 11.4 Å². The fraction of sp³-hybridized carbons (Fsp3) is 0.381. The minimum Gasteiger partial charge on any atom is -0.508 e. The van der Waals surface area contributed by atoms with E-state index in [4.69, 9.17) is 0 Å². The Morgan fingerprint density at radius 1 is 0.970 bits per heavy atom. The Morgan fingerprint density at radius 2 is 1.76 bits per heavy atom. The number of aromatic hydroxyl groups is 1. The van der Waals surface area contributed by atoms with Crippen LogP contribution >= 0.6 is 0 Å². The molecule has 1 aliphatic heterocycles. The number of anilines is 1. The molecular weight excluding hydrogens is 452 g/mol. The number of phenolic OH excluding ortho intramolecular Hbond substituents is 1. The Morgan fingerprint density at radius 3 is 2.45 bits per heavy atom. The van der Waals surface area contributed by atoms with Gasteiger partial charge in [0.2, 0.25) is 0 Å². The summed E-state index contributed by atoms with van der Waals surface area (Å²) >= 11 is 0. The van der Waals surface area contributed by atoms with Gasteiger partial charge in [0.05, 0.1) is 17.3 Å². The Kier molecular flexibility index (Phi) is 4.80. The van der Waals surface area contributed by atoms with Gasteiger partial charge in [-0.2, -0.15) is 26.3 Å². The number of halogens is 6. The average molecular weight is 469 g/mol. The highest BCUT2D eigenvalue weighted by Crippen LogP contribution is 2.52. The predicted octanol–water partition coefficient (Wildman–Crippen LogP) is 5.14. The van der Waals surface area contributed by atoms with Crippen molar-refractivity contribution in [3.63, 3.8) is 0 Å². The van der Waals surface area contributed by atoms with Crippen molar-refractivity contribution in [1.29, 1.82) is 0 Å². The summed E-state index contributed by atoms with van der Waals surface area (Å²) in [6, 6.07) is 6.04. The monoisotopic (exact) mass is 469 g/mol. The lowest BCUT2D eigenvalue weighted by atomic mass is 9.97. The van der Waals surface area contributed by atoms with E-state index in [0.29, 0.717) is 30.4 Å². The van der Waals surface area contributed by atoms with Gasteiger partial charge in [-0.25, -0.2) is 4.98 Å². The standard InChI is InChI=1S/C21H17F6N5O/c22-20(23,24)12-7-16(21(25,26)27)29-17(8-12)32-14-5-4-11(6-14)18(32)19-30-28-10-31(19)13-2-1-3-15(33)9-13/h1-3,7-11,14,18,33H,4-6H2/t11-,14+,18-/m0/s1. The van der Waals surface area contributed by atoms with Crippen LogP contribution in [0, 0.1) is 5.92 Å². The molecule has 0 unspecified atom stereocenters. The summed E-state index contributed by atoms with van der Waals surface area (Å²) < 4.78 is 82.1. The molecule has 3 atom stereocenters. The number of pyridine rings is 1. The number of aromatic nitrogens is 4. The summed E-state index contributed by atoms with van der Waals surface area (Å²) in [6.45, 7) is 0. The van der Waals surface area contributed by atoms with Gasteiger partial charge in [-0.3, -0.25) is 4.57 Å². The highest BCUT2D eigenvalue weighted by molar-refractivity contribution is 5.50. The lowest BCUT2D eigenvalue weighted by molar-refractivity contribution is -0.145. The molecule has 33 heavy (non-hydrogen) atoms. The average Bonchev–Trinajstić information content (AvgIpc) is 3.47. The summed E-state index contributed by atoms with van der Waals surface area (Å²) in [5, 5.41) is 17.9. The molecule has 1 N–H and O–H groups in total. The number of hydrogen-bond donors (Lipinski definition) is 1. The predicted molar refractivity (Wildman–Crippen MR) is 104 cm³/mol. The minimum atomic E-state index is -5.04. The third kappa shape index (κ3) is 3.76. The molecule has 0 radical (unpaired) electrons. The maximum absolute atomic E-state index is 13.4. The van der Waals surface area contributed by atoms with E-state index in [1.54, 1.807) is 16.7 Å². The van der Waals surface area contributed by atoms with Crippen LogP contribution in [0.5, 0.6) is 5.75 Å². The van der Waals surface area contributed by atoms with Gasteiger partial charge in [0.15, 0.2) is 5.82 Å². The lowest BCUT2D eigenvalue weighted by Gasteiger charge is -2.36. The van der Waals surface area contributed by atoms with Gasteiger partial charge in [-0.1, -0.05) is 6.07 Å². The number of rotatable bonds is 3. The number of hydrogen-bond acceptors (Lipinski definition) is 5. The molecule has 3 aromatic rings. The number of benzene rings is 1. The van der Waals surface area contributed by atoms with E-state index in [-0.39, 0.29) is 29.6 Å². The van der Waals surface area contributed by atoms with Crippen LogP contribution in [0.2, 0.25) is 0 Å². The van der Waals surface area contributed by atoms with Crippen LogP contribution in [0.1, 0.15) is 42.4 Å². The number of piperidine rings is 1. The van der Waals surface area contributed by atoms with E-state index in [1.807, 2.05) is 0 Å². The second kappa shape index (κ2) is 7.35. The largest absolute Gasteiger partial charge is 0.508 e. The van der Waals surface area contributed by atoms with Crippen LogP contribution in [-0.4, -0.2) is 30.9 Å². The van der Waals surface area contributed by atoms with E-state index in [9.17, 15) is 31.4 Å². The van der Waals surface area contributed by atoms with Gasteiger partial charge < -0.3 is 10.0 Å². The van der Waals surface area contributed by atoms with E-state index < -0.39 is 29.7 Å². The van der Waals surface area contributed by atoms with Crippen LogP contribution in [-0.2, 0) is 12.4 Å². The first kappa shape index (κ1) is 21.5. The van der Waals surface area contributed by atoms with Gasteiger partial charge in [-0.15, -0.1) is 10.2 Å². The SMILES string of the molecule is Oc1cccc(-n2cnnc2[C@@H]2[C@H]3CC[C@H](C3)N2c2cc(C(F)(F)F)cc(C(F)(F)F)n2)c1. The summed E-state index contributed by atoms with van der Waals surface area (Å²) in [6.07, 6.45) is -6.63. The summed E-state index contributed by atoms with van der Waals surface area (Å²) in [7, 11) is 0. The van der Waals surface area contributed by atoms with Crippen molar-refractivity contribution in [2.75, 3.05) is 4.90 Å². The molecule has 3 heterocycles. The topological polar surface area (TPSA) is 67.1 Å². The fourth-order valence-corrected chi connectivity index (χ4v) is 4.89. The minimum absolute atomic E-state index is 0.00804. The normalized spacial score (nSPS) is 22.8. The third-order valence-electron chi connectivity index (χ3n) is 6.23. The molecule has 0 amide bonds. The van der Waals surface area contributed by atoms with E-state index in [1.165, 1.54) is 23.4 Å². The highest BCUT2D eigenvalue weighted by Gasteiger charge is 2.50. The number of alkyl halides is 6. The molecule has 1 saturated carbocycles. The molecule has 2 aliphatic rings. The molecular formula is C21H17F6N5O. The molecule has 2 fully saturated rings. The van der Waals surface area contributed by atoms with Gasteiger partial charge in [0, 0.05) is 12.1 Å². The Hall–Kier alpha value is -3.31. The van der Waals surface area contributed by atoms with Crippen LogP contribution in [0.15, 0.2) is 42.7 Å². The Balaban J connectivity index is 1.64. The quantitative estimate of drug-likeness (QED) is 0.539. The maximum atomic E-state index is 13.4. The van der Waals surface area contributed by atoms with Crippen LogP contribution < -0.4 is 4.90 Å². The molecule has 1 aromatic carbocycles. The van der Waals surface area contributed by atoms with Crippen molar-refractivity contribution in [2.45, 2.75) is 43.7 Å². The molecule has 1 aliphatic carbocycles. The molecule has 2 aromatic heterocycles. The summed E-state index contributed by atoms with van der Waals surface area (Å²) in [5.74, 6) is -0.0763. The number of phenols is 1. The third-order valence-corrected chi connectivity index (χ3v) is 6.23. The first-order chi connectivity index (χ1) is 15.5. The fourth-order valence-electron chi connectivity index (χ4n) is 4.89. The van der Waals surface area contributed by atoms with Crippen LogP contribution in [0.4, 0.5) is 32.2 Å². The van der Waals surface area contributed by atoms with Crippen molar-refractivity contribution >= 4 is 5.82 Å². The van der Waals surface area contributed by atoms with E-state index >= 15 is 0 Å². The zero-order valence-corrected chi connectivity index (χ0v) is 16.8. The second-order valence-electron chi connectivity index (χ2n) is 8.25. The summed E-state index contributed by atoms with van der Waals surface area (Å²) in [4.78, 5) is 5.11. The Bertz CT molecular complexity index is 1160. The molecule has 2 bridgehead atoms. The number of fused-ring (bicyclic) bond motifs is 2. The van der Waals surface area contributed by atoms with Crippen LogP contribution in [0.3, 0.4) is 0 Å². The van der Waals surface area contributed by atoms with Crippen molar-refractivity contribution in [1.82, 2.24) is 19.7 Å². The van der Waals surface area contributed by atoms with Crippen molar-refractivity contribution in [2.24, 2.45) is 5.92 Å². The zero-order valence-electron chi connectivity index (χ0n) is 16.8. The molecule has 0 spiro atoms. The van der Waals surface area contributed by atoms with Crippen molar-refractivity contribution < 1.29 is 31.4 Å². The smallest absolute Gasteiger partial charge is 0.433 e. The van der Waals surface area contributed by atoms with Crippen LogP contribution in [0.25, 0.3) is 5.69 Å². The Labute approximate surface area is 183 Å². The molecule has 174 valence electrons.